The number of halogens is 1. The maximum Gasteiger partial charge on any atom is 0.338 e. The number of nitrogens with one attached hydrogen (secondary N) is 2. The van der Waals surface area contributed by atoms with E-state index in [1.165, 1.54) is 6.20 Å². The summed E-state index contributed by atoms with van der Waals surface area (Å²) in [5.41, 5.74) is 1.88. The van der Waals surface area contributed by atoms with Crippen molar-refractivity contribution in [3.63, 3.8) is 0 Å². The molecule has 0 bridgehead atoms. The zero-order valence-electron chi connectivity index (χ0n) is 13.0. The summed E-state index contributed by atoms with van der Waals surface area (Å²) in [5.74, 6) is -0.849. The Morgan fingerprint density at radius 3 is 2.84 bits per heavy atom. The Morgan fingerprint density at radius 2 is 2.08 bits per heavy atom. The number of aryl methyl sites for hydroxylation is 1. The number of pyridine rings is 1. The van der Waals surface area contributed by atoms with E-state index in [2.05, 4.69) is 15.6 Å². The maximum atomic E-state index is 12.1. The highest BCUT2D eigenvalue weighted by Gasteiger charge is 2.17. The second-order valence-corrected chi connectivity index (χ2v) is 5.84. The number of anilines is 2. The van der Waals surface area contributed by atoms with Gasteiger partial charge in [0.15, 0.2) is 6.61 Å². The summed E-state index contributed by atoms with van der Waals surface area (Å²) in [7, 11) is 0. The number of hydrogen-bond acceptors (Lipinski definition) is 5. The third-order valence-corrected chi connectivity index (χ3v) is 3.79. The first-order valence-electron chi connectivity index (χ1n) is 7.52. The van der Waals surface area contributed by atoms with Crippen molar-refractivity contribution in [2.24, 2.45) is 0 Å². The van der Waals surface area contributed by atoms with Crippen LogP contribution in [0, 0.1) is 0 Å². The van der Waals surface area contributed by atoms with Crippen molar-refractivity contribution < 1.29 is 19.1 Å². The topological polar surface area (TPSA) is 97.4 Å². The van der Waals surface area contributed by atoms with Crippen LogP contribution in [0.2, 0.25) is 5.02 Å². The summed E-state index contributed by atoms with van der Waals surface area (Å²) in [6.45, 7) is -0.434. The van der Waals surface area contributed by atoms with E-state index in [1.54, 1.807) is 30.3 Å². The molecule has 0 unspecified atom stereocenters. The largest absolute Gasteiger partial charge is 0.452 e. The van der Waals surface area contributed by atoms with Gasteiger partial charge in [0.05, 0.1) is 10.6 Å². The predicted molar refractivity (Wildman–Crippen MR) is 91.6 cm³/mol. The molecule has 3 rings (SSSR count). The Morgan fingerprint density at radius 1 is 1.24 bits per heavy atom. The van der Waals surface area contributed by atoms with Crippen molar-refractivity contribution in [2.75, 3.05) is 17.2 Å². The van der Waals surface area contributed by atoms with Gasteiger partial charge < -0.3 is 15.4 Å². The van der Waals surface area contributed by atoms with Crippen LogP contribution in [0.4, 0.5) is 11.5 Å². The average Bonchev–Trinajstić information content (AvgIpc) is 2.61. The van der Waals surface area contributed by atoms with Crippen molar-refractivity contribution in [2.45, 2.75) is 12.8 Å². The molecule has 0 saturated heterocycles. The molecule has 2 N–H and O–H groups in total. The molecule has 0 aliphatic carbocycles. The monoisotopic (exact) mass is 359 g/mol. The standard InChI is InChI=1S/C17H14ClN3O4/c18-12-3-5-14(19-8-12)21-16(23)9-25-17(24)11-1-4-13-10(7-11)2-6-15(22)20-13/h1,3-5,7-8H,2,6,9H2,(H,20,22)(H,19,21,23). The Balaban J connectivity index is 1.56. The molecule has 2 amide bonds. The SMILES string of the molecule is O=C(COC(=O)c1ccc2c(c1)CCC(=O)N2)Nc1ccc(Cl)cn1. The molecule has 7 nitrogen and oxygen atoms in total. The zero-order valence-corrected chi connectivity index (χ0v) is 13.8. The van der Waals surface area contributed by atoms with Gasteiger partial charge in [-0.15, -0.1) is 0 Å². The van der Waals surface area contributed by atoms with E-state index in [1.807, 2.05) is 0 Å². The van der Waals surface area contributed by atoms with Crippen LogP contribution < -0.4 is 10.6 Å². The van der Waals surface area contributed by atoms with Gasteiger partial charge in [-0.2, -0.15) is 0 Å². The number of nitrogens with zero attached hydrogens (tertiary/aromatic N) is 1. The maximum absolute atomic E-state index is 12.1. The molecule has 128 valence electrons. The van der Waals surface area contributed by atoms with Gasteiger partial charge in [-0.1, -0.05) is 11.6 Å². The lowest BCUT2D eigenvalue weighted by atomic mass is 10.0. The number of benzene rings is 1. The Hall–Kier alpha value is -2.93. The molecule has 0 saturated carbocycles. The first-order valence-corrected chi connectivity index (χ1v) is 7.90. The summed E-state index contributed by atoms with van der Waals surface area (Å²) in [6.07, 6.45) is 2.34. The van der Waals surface area contributed by atoms with Crippen LogP contribution in [-0.4, -0.2) is 29.4 Å². The lowest BCUT2D eigenvalue weighted by Gasteiger charge is -2.17. The minimum absolute atomic E-state index is 0.0460. The van der Waals surface area contributed by atoms with Crippen LogP contribution in [0.15, 0.2) is 36.5 Å². The van der Waals surface area contributed by atoms with Crippen molar-refractivity contribution in [1.82, 2.24) is 4.98 Å². The van der Waals surface area contributed by atoms with Crippen LogP contribution in [0.5, 0.6) is 0 Å². The fourth-order valence-electron chi connectivity index (χ4n) is 2.35. The third-order valence-electron chi connectivity index (χ3n) is 3.57. The van der Waals surface area contributed by atoms with Crippen LogP contribution >= 0.6 is 11.6 Å². The van der Waals surface area contributed by atoms with E-state index in [-0.39, 0.29) is 5.91 Å². The lowest BCUT2D eigenvalue weighted by Crippen LogP contribution is -2.22. The predicted octanol–water partition coefficient (Wildman–Crippen LogP) is 2.42. The number of rotatable bonds is 4. The molecule has 2 heterocycles. The van der Waals surface area contributed by atoms with Crippen molar-refractivity contribution >= 4 is 40.9 Å². The molecule has 0 spiro atoms. The Kier molecular flexibility index (Phi) is 4.95. The molecular formula is C17H14ClN3O4. The average molecular weight is 360 g/mol. The van der Waals surface area contributed by atoms with E-state index in [4.69, 9.17) is 16.3 Å². The smallest absolute Gasteiger partial charge is 0.338 e. The Labute approximate surface area is 148 Å². The van der Waals surface area contributed by atoms with E-state index in [9.17, 15) is 14.4 Å². The van der Waals surface area contributed by atoms with Crippen LogP contribution in [0.25, 0.3) is 0 Å². The second kappa shape index (κ2) is 7.31. The molecular weight excluding hydrogens is 346 g/mol. The molecule has 0 fully saturated rings. The van der Waals surface area contributed by atoms with Gasteiger partial charge in [0, 0.05) is 18.3 Å². The number of fused-ring (bicyclic) bond motifs is 1. The van der Waals surface area contributed by atoms with Crippen LogP contribution in [-0.2, 0) is 20.7 Å². The summed E-state index contributed by atoms with van der Waals surface area (Å²) in [4.78, 5) is 39.1. The molecule has 1 aliphatic rings. The number of ether oxygens (including phenoxy) is 1. The van der Waals surface area contributed by atoms with Gasteiger partial charge in [0.25, 0.3) is 5.91 Å². The summed E-state index contributed by atoms with van der Waals surface area (Å²) >= 11 is 5.71. The van der Waals surface area contributed by atoms with Gasteiger partial charge in [-0.25, -0.2) is 9.78 Å². The second-order valence-electron chi connectivity index (χ2n) is 5.41. The number of esters is 1. The zero-order chi connectivity index (χ0) is 17.8. The summed E-state index contributed by atoms with van der Waals surface area (Å²) < 4.78 is 5.01. The van der Waals surface area contributed by atoms with Gasteiger partial charge >= 0.3 is 5.97 Å². The van der Waals surface area contributed by atoms with Crippen molar-refractivity contribution in [3.8, 4) is 0 Å². The summed E-state index contributed by atoms with van der Waals surface area (Å²) in [5, 5.41) is 5.69. The molecule has 1 aliphatic heterocycles. The number of carbonyl (C=O) groups is 3. The molecule has 25 heavy (non-hydrogen) atoms. The molecule has 1 aromatic carbocycles. The first-order chi connectivity index (χ1) is 12.0. The number of hydrogen-bond donors (Lipinski definition) is 2. The van der Waals surface area contributed by atoms with Crippen molar-refractivity contribution in [1.29, 1.82) is 0 Å². The minimum atomic E-state index is -0.612. The lowest BCUT2D eigenvalue weighted by molar-refractivity contribution is -0.119. The van der Waals surface area contributed by atoms with Gasteiger partial charge in [-0.05, 0) is 42.3 Å². The van der Waals surface area contributed by atoms with Gasteiger partial charge in [-0.3, -0.25) is 9.59 Å². The Bertz CT molecular complexity index is 836. The quantitative estimate of drug-likeness (QED) is 0.817. The molecule has 1 aromatic heterocycles. The van der Waals surface area contributed by atoms with E-state index in [0.717, 1.165) is 5.56 Å². The number of carbonyl (C=O) groups excluding carboxylic acids is 3. The third kappa shape index (κ3) is 4.33. The van der Waals surface area contributed by atoms with Gasteiger partial charge in [0.1, 0.15) is 5.82 Å². The molecule has 0 radical (unpaired) electrons. The van der Waals surface area contributed by atoms with E-state index < -0.39 is 18.5 Å². The molecule has 8 heteroatoms. The number of aromatic nitrogens is 1. The first kappa shape index (κ1) is 16.9. The van der Waals surface area contributed by atoms with Crippen molar-refractivity contribution in [3.05, 3.63) is 52.7 Å². The van der Waals surface area contributed by atoms with Gasteiger partial charge in [0.2, 0.25) is 5.91 Å². The van der Waals surface area contributed by atoms with E-state index >= 15 is 0 Å². The minimum Gasteiger partial charge on any atom is -0.452 e. The normalized spacial score (nSPS) is 12.8. The fraction of sp³-hybridized carbons (Fsp3) is 0.176. The van der Waals surface area contributed by atoms with Crippen LogP contribution in [0.1, 0.15) is 22.3 Å². The van der Waals surface area contributed by atoms with Crippen LogP contribution in [0.3, 0.4) is 0 Å². The molecule has 2 aromatic rings. The highest BCUT2D eigenvalue weighted by molar-refractivity contribution is 6.30. The number of amides is 2. The summed E-state index contributed by atoms with van der Waals surface area (Å²) in [6, 6.07) is 7.99. The highest BCUT2D eigenvalue weighted by Crippen LogP contribution is 2.23. The molecule has 0 atom stereocenters. The highest BCUT2D eigenvalue weighted by atomic mass is 35.5. The fourth-order valence-corrected chi connectivity index (χ4v) is 2.47. The van der Waals surface area contributed by atoms with E-state index in [0.29, 0.717) is 34.9 Å².